The van der Waals surface area contributed by atoms with Crippen molar-refractivity contribution in [1.82, 2.24) is 26.2 Å². The number of urea groups is 1. The van der Waals surface area contributed by atoms with Crippen molar-refractivity contribution >= 4 is 35.4 Å². The molecule has 3 rings (SSSR count). The van der Waals surface area contributed by atoms with E-state index in [9.17, 15) is 28.8 Å². The number of carbonyl (C=O) groups excluding carboxylic acids is 6. The fraction of sp³-hybridized carbons (Fsp3) is 0.704. The Morgan fingerprint density at radius 3 is 2.23 bits per heavy atom. The predicted molar refractivity (Wildman–Crippen MR) is 143 cm³/mol. The number of primary amides is 1. The summed E-state index contributed by atoms with van der Waals surface area (Å²) in [5, 5.41) is 10.6. The molecule has 12 nitrogen and oxygen atoms in total. The van der Waals surface area contributed by atoms with Crippen LogP contribution in [0.4, 0.5) is 4.79 Å². The average Bonchev–Trinajstić information content (AvgIpc) is 3.14. The summed E-state index contributed by atoms with van der Waals surface area (Å²) >= 11 is 0. The fourth-order valence-corrected chi connectivity index (χ4v) is 5.75. The topological polar surface area (TPSA) is 180 Å². The lowest BCUT2D eigenvalue weighted by Gasteiger charge is -2.35. The number of rotatable bonds is 11. The summed E-state index contributed by atoms with van der Waals surface area (Å²) in [6, 6.07) is -3.74. The van der Waals surface area contributed by atoms with Gasteiger partial charge in [-0.1, -0.05) is 39.7 Å². The molecule has 5 atom stereocenters. The van der Waals surface area contributed by atoms with E-state index in [0.717, 1.165) is 25.3 Å². The molecule has 0 radical (unpaired) electrons. The third-order valence-electron chi connectivity index (χ3n) is 8.19. The number of nitrogens with zero attached hydrogens (tertiary/aromatic N) is 1. The molecule has 0 bridgehead atoms. The number of nitrogens with one attached hydrogen (secondary N) is 4. The molecule has 6 N–H and O–H groups in total. The Bertz CT molecular complexity index is 1050. The first-order valence-electron chi connectivity index (χ1n) is 13.5. The lowest BCUT2D eigenvalue weighted by atomic mass is 9.80. The van der Waals surface area contributed by atoms with E-state index >= 15 is 0 Å². The Morgan fingerprint density at radius 1 is 1.08 bits per heavy atom. The van der Waals surface area contributed by atoms with E-state index in [4.69, 9.17) is 5.73 Å². The number of likely N-dealkylation sites (tertiary alicyclic amines) is 1. The minimum atomic E-state index is -1.16. The van der Waals surface area contributed by atoms with Gasteiger partial charge in [-0.05, 0) is 56.4 Å². The first kappa shape index (κ1) is 30.1. The highest BCUT2D eigenvalue weighted by Crippen LogP contribution is 2.64. The Hall–Kier alpha value is -3.44. The molecule has 1 saturated heterocycles. The van der Waals surface area contributed by atoms with Gasteiger partial charge in [0.25, 0.3) is 5.91 Å². The van der Waals surface area contributed by atoms with Crippen molar-refractivity contribution in [2.24, 2.45) is 28.9 Å². The second kappa shape index (κ2) is 11.4. The molecule has 0 aromatic rings. The highest BCUT2D eigenvalue weighted by molar-refractivity contribution is 6.37. The number of hydrogen-bond acceptors (Lipinski definition) is 6. The molecule has 216 valence electrons. The maximum absolute atomic E-state index is 13.8. The molecule has 0 spiro atoms. The monoisotopic (exact) mass is 546 g/mol. The molecule has 2 saturated carbocycles. The maximum Gasteiger partial charge on any atom is 0.315 e. The zero-order valence-corrected chi connectivity index (χ0v) is 23.5. The molecule has 0 aromatic carbocycles. The van der Waals surface area contributed by atoms with E-state index < -0.39 is 59.1 Å². The van der Waals surface area contributed by atoms with Crippen molar-refractivity contribution in [2.45, 2.75) is 84.0 Å². The van der Waals surface area contributed by atoms with E-state index in [0.29, 0.717) is 6.42 Å². The predicted octanol–water partition coefficient (Wildman–Crippen LogP) is -0.0327. The van der Waals surface area contributed by atoms with E-state index in [1.807, 2.05) is 13.8 Å². The number of nitrogens with two attached hydrogens (primary N) is 1. The summed E-state index contributed by atoms with van der Waals surface area (Å²) in [7, 11) is 0. The zero-order valence-electron chi connectivity index (χ0n) is 23.5. The largest absolute Gasteiger partial charge is 0.363 e. The number of fused-ring (bicyclic) bond motifs is 1. The van der Waals surface area contributed by atoms with E-state index in [1.165, 1.54) is 4.90 Å². The number of amides is 6. The molecule has 0 aromatic heterocycles. The van der Waals surface area contributed by atoms with Crippen LogP contribution in [0.2, 0.25) is 0 Å². The molecule has 1 aliphatic heterocycles. The molecule has 12 heteroatoms. The number of carbonyl (C=O) groups is 6. The van der Waals surface area contributed by atoms with Crippen molar-refractivity contribution in [2.75, 3.05) is 13.1 Å². The summed E-state index contributed by atoms with van der Waals surface area (Å²) in [6.45, 7) is 12.9. The molecule has 3 unspecified atom stereocenters. The van der Waals surface area contributed by atoms with Crippen LogP contribution >= 0.6 is 0 Å². The van der Waals surface area contributed by atoms with Crippen molar-refractivity contribution in [3.63, 3.8) is 0 Å². The van der Waals surface area contributed by atoms with Crippen LogP contribution in [0.15, 0.2) is 12.7 Å². The van der Waals surface area contributed by atoms with Crippen LogP contribution in [0.1, 0.15) is 60.3 Å². The average molecular weight is 547 g/mol. The van der Waals surface area contributed by atoms with Gasteiger partial charge in [0.2, 0.25) is 23.5 Å². The third-order valence-corrected chi connectivity index (χ3v) is 8.19. The standard InChI is InChI=1S/C27H42N6O6/c1-7-18(34)29-12-17(31-25(39)32-26(2,3)4)24(38)33-13-15-19(27(15,5)6)20(33)23(37)30-16(21(35)22(28)36)11-14-9-8-10-14/h7,14-17,19-20H,1,8-13H2,2-6H3,(H2,28,36)(H,29,34)(H,30,37)(H2,31,32,39)/t15?,16?,17-,19-,20?/m0/s1. The minimum absolute atomic E-state index is 0.0425. The van der Waals surface area contributed by atoms with Gasteiger partial charge in [0.05, 0.1) is 6.04 Å². The van der Waals surface area contributed by atoms with Gasteiger partial charge in [0.15, 0.2) is 0 Å². The lowest BCUT2D eigenvalue weighted by molar-refractivity contribution is -0.143. The van der Waals surface area contributed by atoms with Crippen LogP contribution in [-0.4, -0.2) is 77.1 Å². The fourth-order valence-electron chi connectivity index (χ4n) is 5.75. The van der Waals surface area contributed by atoms with Crippen molar-refractivity contribution < 1.29 is 28.8 Å². The lowest BCUT2D eigenvalue weighted by Crippen LogP contribution is -2.61. The SMILES string of the molecule is C=CC(=O)NC[C@H](NC(=O)NC(C)(C)C)C(=O)N1CC2[C@@H](C1C(=O)NC(CC1CCC1)C(=O)C(N)=O)C2(C)C. The smallest absolute Gasteiger partial charge is 0.315 e. The van der Waals surface area contributed by atoms with Gasteiger partial charge in [-0.2, -0.15) is 0 Å². The molecule has 3 fully saturated rings. The van der Waals surface area contributed by atoms with E-state index in [-0.39, 0.29) is 36.3 Å². The van der Waals surface area contributed by atoms with Gasteiger partial charge in [0.1, 0.15) is 12.1 Å². The summed E-state index contributed by atoms with van der Waals surface area (Å²) in [4.78, 5) is 77.6. The number of hydrogen-bond donors (Lipinski definition) is 5. The molecule has 39 heavy (non-hydrogen) atoms. The van der Waals surface area contributed by atoms with Crippen LogP contribution in [0.3, 0.4) is 0 Å². The molecule has 3 aliphatic rings. The Kier molecular flexibility index (Phi) is 8.76. The highest BCUT2D eigenvalue weighted by atomic mass is 16.2. The summed E-state index contributed by atoms with van der Waals surface area (Å²) < 4.78 is 0. The third kappa shape index (κ3) is 6.96. The first-order valence-corrected chi connectivity index (χ1v) is 13.5. The zero-order chi connectivity index (χ0) is 29.3. The summed E-state index contributed by atoms with van der Waals surface area (Å²) in [5.74, 6) is -3.47. The molecule has 2 aliphatic carbocycles. The Morgan fingerprint density at radius 2 is 1.72 bits per heavy atom. The van der Waals surface area contributed by atoms with Gasteiger partial charge in [-0.3, -0.25) is 24.0 Å². The minimum Gasteiger partial charge on any atom is -0.363 e. The quantitative estimate of drug-likeness (QED) is 0.179. The van der Waals surface area contributed by atoms with Crippen LogP contribution in [0.25, 0.3) is 0 Å². The Labute approximate surface area is 229 Å². The van der Waals surface area contributed by atoms with Crippen LogP contribution in [-0.2, 0) is 24.0 Å². The van der Waals surface area contributed by atoms with Crippen LogP contribution in [0, 0.1) is 23.2 Å². The number of Topliss-reactive ketones (excluding diaryl/α,β-unsaturated/α-hetero) is 1. The van der Waals surface area contributed by atoms with E-state index in [2.05, 4.69) is 27.8 Å². The van der Waals surface area contributed by atoms with Gasteiger partial charge in [-0.15, -0.1) is 0 Å². The van der Waals surface area contributed by atoms with Crippen molar-refractivity contribution in [3.05, 3.63) is 12.7 Å². The number of ketones is 1. The van der Waals surface area contributed by atoms with Gasteiger partial charge >= 0.3 is 6.03 Å². The van der Waals surface area contributed by atoms with Crippen molar-refractivity contribution in [1.29, 1.82) is 0 Å². The molecular formula is C27H42N6O6. The molecular weight excluding hydrogens is 504 g/mol. The Balaban J connectivity index is 1.82. The first-order chi connectivity index (χ1) is 18.1. The second-order valence-corrected chi connectivity index (χ2v) is 12.6. The van der Waals surface area contributed by atoms with Gasteiger partial charge in [0, 0.05) is 18.6 Å². The summed E-state index contributed by atoms with van der Waals surface area (Å²) in [5.41, 5.74) is 4.48. The van der Waals surface area contributed by atoms with Crippen LogP contribution < -0.4 is 27.0 Å². The normalized spacial score (nSPS) is 24.7. The maximum atomic E-state index is 13.8. The second-order valence-electron chi connectivity index (χ2n) is 12.6. The van der Waals surface area contributed by atoms with Crippen LogP contribution in [0.5, 0.6) is 0 Å². The van der Waals surface area contributed by atoms with Crippen molar-refractivity contribution in [3.8, 4) is 0 Å². The van der Waals surface area contributed by atoms with Gasteiger partial charge < -0.3 is 31.9 Å². The highest BCUT2D eigenvalue weighted by Gasteiger charge is 2.69. The van der Waals surface area contributed by atoms with E-state index in [1.54, 1.807) is 20.8 Å². The van der Waals surface area contributed by atoms with Gasteiger partial charge in [-0.25, -0.2) is 4.79 Å². The molecule has 1 heterocycles. The molecule has 6 amide bonds. The number of piperidine rings is 1. The summed E-state index contributed by atoms with van der Waals surface area (Å²) in [6.07, 6.45) is 4.21.